The molecule has 0 fully saturated rings. The molecule has 0 aliphatic heterocycles. The van der Waals surface area contributed by atoms with Crippen LogP contribution in [0.25, 0.3) is 0 Å². The Labute approximate surface area is 103 Å². The summed E-state index contributed by atoms with van der Waals surface area (Å²) in [4.78, 5) is 0. The first kappa shape index (κ1) is 13.7. The average Bonchev–Trinajstić information content (AvgIpc) is 2.26. The van der Waals surface area contributed by atoms with E-state index in [9.17, 15) is 4.39 Å². The Bertz CT molecular complexity index is 430. The third kappa shape index (κ3) is 3.30. The van der Waals surface area contributed by atoms with Crippen molar-refractivity contribution in [3.05, 3.63) is 34.7 Å². The monoisotopic (exact) mass is 233 g/mol. The highest BCUT2D eigenvalue weighted by Crippen LogP contribution is 2.40. The van der Waals surface area contributed by atoms with Gasteiger partial charge in [0.05, 0.1) is 0 Å². The van der Waals surface area contributed by atoms with Crippen molar-refractivity contribution in [2.45, 2.75) is 47.0 Å². The highest BCUT2D eigenvalue weighted by Gasteiger charge is 2.26. The zero-order chi connectivity index (χ0) is 13.1. The second-order valence-corrected chi connectivity index (χ2v) is 5.37. The minimum absolute atomic E-state index is 0.155. The maximum atomic E-state index is 13.0. The quantitative estimate of drug-likeness (QED) is 0.494. The Morgan fingerprint density at radius 1 is 1.47 bits per heavy atom. The Morgan fingerprint density at radius 3 is 2.65 bits per heavy atom. The van der Waals surface area contributed by atoms with Crippen LogP contribution in [0.5, 0.6) is 0 Å². The summed E-state index contributed by atoms with van der Waals surface area (Å²) in [6, 6.07) is 1.53. The van der Waals surface area contributed by atoms with Crippen molar-refractivity contribution in [2.24, 2.45) is 5.41 Å². The molecular formula is C15H20FN. The van der Waals surface area contributed by atoms with Crippen LogP contribution in [0.2, 0.25) is 0 Å². The third-order valence-electron chi connectivity index (χ3n) is 3.49. The van der Waals surface area contributed by atoms with Crippen molar-refractivity contribution in [1.29, 1.82) is 5.26 Å². The Balaban J connectivity index is 3.02. The molecule has 2 heteroatoms. The summed E-state index contributed by atoms with van der Waals surface area (Å²) in [7, 11) is 0. The van der Waals surface area contributed by atoms with E-state index in [0.29, 0.717) is 5.57 Å². The van der Waals surface area contributed by atoms with Crippen molar-refractivity contribution < 1.29 is 4.39 Å². The van der Waals surface area contributed by atoms with E-state index in [1.807, 2.05) is 6.08 Å². The van der Waals surface area contributed by atoms with Gasteiger partial charge >= 0.3 is 0 Å². The number of halogens is 1. The van der Waals surface area contributed by atoms with Crippen molar-refractivity contribution in [2.75, 3.05) is 0 Å². The molecule has 0 aromatic carbocycles. The first-order chi connectivity index (χ1) is 7.88. The van der Waals surface area contributed by atoms with E-state index in [1.54, 1.807) is 13.0 Å². The average molecular weight is 233 g/mol. The number of nitriles is 1. The number of rotatable bonds is 2. The summed E-state index contributed by atoms with van der Waals surface area (Å²) in [5.74, 6) is -0.701. The summed E-state index contributed by atoms with van der Waals surface area (Å²) in [6.45, 7) is 8.20. The Morgan fingerprint density at radius 2 is 2.12 bits per heavy atom. The molecule has 0 spiro atoms. The lowest BCUT2D eigenvalue weighted by molar-refractivity contribution is 0.377. The van der Waals surface area contributed by atoms with Gasteiger partial charge in [-0.1, -0.05) is 31.6 Å². The molecule has 0 radical (unpaired) electrons. The lowest BCUT2D eigenvalue weighted by Crippen LogP contribution is -2.19. The zero-order valence-electron chi connectivity index (χ0n) is 11.1. The molecule has 1 aliphatic carbocycles. The van der Waals surface area contributed by atoms with Crippen molar-refractivity contribution in [3.63, 3.8) is 0 Å². The number of allylic oxidation sites excluding steroid dienone is 6. The Kier molecular flexibility index (Phi) is 4.28. The van der Waals surface area contributed by atoms with Crippen LogP contribution in [0.15, 0.2) is 34.7 Å². The predicted molar refractivity (Wildman–Crippen MR) is 68.9 cm³/mol. The first-order valence-corrected chi connectivity index (χ1v) is 6.03. The predicted octanol–water partition coefficient (Wildman–Crippen LogP) is 4.84. The van der Waals surface area contributed by atoms with Gasteiger partial charge < -0.3 is 0 Å². The van der Waals surface area contributed by atoms with E-state index in [2.05, 4.69) is 20.8 Å². The van der Waals surface area contributed by atoms with Crippen LogP contribution in [0.1, 0.15) is 47.0 Å². The van der Waals surface area contributed by atoms with Gasteiger partial charge in [-0.05, 0) is 49.7 Å². The molecule has 92 valence electrons. The van der Waals surface area contributed by atoms with Gasteiger partial charge in [-0.25, -0.2) is 0 Å². The van der Waals surface area contributed by atoms with E-state index < -0.39 is 5.83 Å². The van der Waals surface area contributed by atoms with E-state index in [0.717, 1.165) is 12.8 Å². The van der Waals surface area contributed by atoms with Crippen LogP contribution in [0.4, 0.5) is 4.39 Å². The molecule has 1 rings (SSSR count). The molecule has 17 heavy (non-hydrogen) atoms. The van der Waals surface area contributed by atoms with E-state index in [1.165, 1.54) is 23.6 Å². The maximum Gasteiger partial charge on any atom is 0.202 e. The van der Waals surface area contributed by atoms with E-state index in [-0.39, 0.29) is 5.41 Å². The van der Waals surface area contributed by atoms with Crippen LogP contribution < -0.4 is 0 Å². The molecule has 0 saturated heterocycles. The largest absolute Gasteiger partial charge is 0.202 e. The number of nitrogens with zero attached hydrogens (tertiary/aromatic N) is 1. The van der Waals surface area contributed by atoms with Gasteiger partial charge in [-0.3, -0.25) is 0 Å². The van der Waals surface area contributed by atoms with Crippen LogP contribution in [-0.2, 0) is 0 Å². The van der Waals surface area contributed by atoms with Gasteiger partial charge in [-0.15, -0.1) is 0 Å². The zero-order valence-corrected chi connectivity index (χ0v) is 11.1. The lowest BCUT2D eigenvalue weighted by Gasteiger charge is -2.32. The third-order valence-corrected chi connectivity index (χ3v) is 3.49. The molecule has 0 saturated carbocycles. The fourth-order valence-corrected chi connectivity index (χ4v) is 2.38. The van der Waals surface area contributed by atoms with Gasteiger partial charge in [0.25, 0.3) is 0 Å². The molecule has 0 N–H and O–H groups in total. The van der Waals surface area contributed by atoms with Gasteiger partial charge in [-0.2, -0.15) is 9.65 Å². The summed E-state index contributed by atoms with van der Waals surface area (Å²) in [5, 5.41) is 8.47. The molecule has 1 aliphatic rings. The van der Waals surface area contributed by atoms with Gasteiger partial charge in [0, 0.05) is 0 Å². The SMILES string of the molecule is CC1=C(/C=C/C(C)=C(\F)C#N)C(C)(C)CCC1. The topological polar surface area (TPSA) is 23.8 Å². The minimum atomic E-state index is -0.701. The molecule has 0 unspecified atom stereocenters. The van der Waals surface area contributed by atoms with E-state index in [4.69, 9.17) is 5.26 Å². The van der Waals surface area contributed by atoms with Gasteiger partial charge in [0.2, 0.25) is 5.83 Å². The summed E-state index contributed by atoms with van der Waals surface area (Å²) in [6.07, 6.45) is 7.18. The first-order valence-electron chi connectivity index (χ1n) is 6.03. The van der Waals surface area contributed by atoms with Crippen molar-refractivity contribution in [3.8, 4) is 6.07 Å². The van der Waals surface area contributed by atoms with Gasteiger partial charge in [0.1, 0.15) is 6.07 Å². The molecule has 0 bridgehead atoms. The number of hydrogen-bond acceptors (Lipinski definition) is 1. The van der Waals surface area contributed by atoms with Crippen LogP contribution >= 0.6 is 0 Å². The van der Waals surface area contributed by atoms with E-state index >= 15 is 0 Å². The van der Waals surface area contributed by atoms with Crippen LogP contribution in [0.3, 0.4) is 0 Å². The highest BCUT2D eigenvalue weighted by molar-refractivity contribution is 5.38. The number of hydrogen-bond donors (Lipinski definition) is 0. The standard InChI is InChI=1S/C15H20FN/c1-11-6-5-9-15(3,4)13(11)8-7-12(2)14(16)10-17/h7-8H,5-6,9H2,1-4H3/b8-7+,14-12-. The molecule has 0 aromatic heterocycles. The smallest absolute Gasteiger partial charge is 0.195 e. The normalized spacial score (nSPS) is 21.4. The molecule has 1 nitrogen and oxygen atoms in total. The minimum Gasteiger partial charge on any atom is -0.195 e. The van der Waals surface area contributed by atoms with Crippen LogP contribution in [-0.4, -0.2) is 0 Å². The molecule has 0 atom stereocenters. The van der Waals surface area contributed by atoms with Crippen LogP contribution in [0, 0.1) is 16.7 Å². The summed E-state index contributed by atoms with van der Waals surface area (Å²) in [5.41, 5.74) is 3.22. The summed E-state index contributed by atoms with van der Waals surface area (Å²) >= 11 is 0. The van der Waals surface area contributed by atoms with Crippen molar-refractivity contribution >= 4 is 0 Å². The second-order valence-electron chi connectivity index (χ2n) is 5.37. The summed E-state index contributed by atoms with van der Waals surface area (Å²) < 4.78 is 13.0. The fourth-order valence-electron chi connectivity index (χ4n) is 2.38. The fraction of sp³-hybridized carbons (Fsp3) is 0.533. The highest BCUT2D eigenvalue weighted by atomic mass is 19.1. The Hall–Kier alpha value is -1.36. The molecule has 0 aromatic rings. The molecule has 0 amide bonds. The molecular weight excluding hydrogens is 213 g/mol. The molecule has 0 heterocycles. The lowest BCUT2D eigenvalue weighted by atomic mass is 9.72. The van der Waals surface area contributed by atoms with Crippen molar-refractivity contribution in [1.82, 2.24) is 0 Å². The van der Waals surface area contributed by atoms with Gasteiger partial charge in [0.15, 0.2) is 0 Å². The second kappa shape index (κ2) is 5.31. The maximum absolute atomic E-state index is 13.0.